The summed E-state index contributed by atoms with van der Waals surface area (Å²) in [7, 11) is 0. The Morgan fingerprint density at radius 2 is 0.694 bits per heavy atom. The normalized spacial score (nSPS) is 12.0. The van der Waals surface area contributed by atoms with Crippen LogP contribution in [-0.4, -0.2) is 0 Å². The van der Waals surface area contributed by atoms with Gasteiger partial charge in [-0.25, -0.2) is 0 Å². The van der Waals surface area contributed by atoms with E-state index >= 15 is 0 Å². The maximum Gasteiger partial charge on any atom is 0.0531 e. The summed E-state index contributed by atoms with van der Waals surface area (Å²) in [6.45, 7) is 14.1. The number of benzene rings is 1. The number of unbranched alkanes of at least 4 members (excludes halogenated alkanes) is 26. The maximum absolute atomic E-state index is 2.70. The minimum Gasteiger partial charge on any atom is -0.139 e. The summed E-state index contributed by atoms with van der Waals surface area (Å²) in [5.74, 6) is 0. The molecule has 62 heavy (non-hydrogen) atoms. The molecule has 0 radical (unpaired) electrons. The minimum atomic E-state index is 1.22. The first-order valence-electron chi connectivity index (χ1n) is 26.7. The maximum atomic E-state index is 2.70. The zero-order valence-electron chi connectivity index (χ0n) is 41.0. The topological polar surface area (TPSA) is 0 Å². The molecular weight excluding hydrogens is 825 g/mol. The van der Waals surface area contributed by atoms with Crippen LogP contribution >= 0.6 is 45.3 Å². The second-order valence-electron chi connectivity index (χ2n) is 19.3. The van der Waals surface area contributed by atoms with Gasteiger partial charge in [0.2, 0.25) is 0 Å². The quantitative estimate of drug-likeness (QED) is 0.0351. The highest BCUT2D eigenvalue weighted by molar-refractivity contribution is 7.31. The second kappa shape index (κ2) is 29.9. The van der Waals surface area contributed by atoms with Crippen LogP contribution in [0.4, 0.5) is 0 Å². The Kier molecular flexibility index (Phi) is 24.9. The molecule has 0 amide bonds. The summed E-state index contributed by atoms with van der Waals surface area (Å²) in [5.41, 5.74) is 6.64. The summed E-state index contributed by atoms with van der Waals surface area (Å²) in [6, 6.07) is 10.5. The lowest BCUT2D eigenvalue weighted by Crippen LogP contribution is -1.98. The van der Waals surface area contributed by atoms with Gasteiger partial charge in [0, 0.05) is 29.3 Å². The Bertz CT molecular complexity index is 1940. The monoisotopic (exact) mass is 915 g/mol. The fourth-order valence-corrected chi connectivity index (χ4v) is 14.8. The van der Waals surface area contributed by atoms with Gasteiger partial charge in [-0.1, -0.05) is 195 Å². The van der Waals surface area contributed by atoms with Crippen LogP contribution in [0.2, 0.25) is 0 Å². The Hall–Kier alpha value is -1.46. The van der Waals surface area contributed by atoms with Crippen LogP contribution in [0.5, 0.6) is 0 Å². The molecule has 0 N–H and O–H groups in total. The number of hydrogen-bond donors (Lipinski definition) is 0. The van der Waals surface area contributed by atoms with Gasteiger partial charge < -0.3 is 0 Å². The molecular formula is C58H90S4. The van der Waals surface area contributed by atoms with Gasteiger partial charge in [-0.2, -0.15) is 0 Å². The smallest absolute Gasteiger partial charge is 0.0531 e. The van der Waals surface area contributed by atoms with Gasteiger partial charge in [-0.15, -0.1) is 45.3 Å². The standard InChI is InChI=1S/C58H90S4/c1-7-11-15-19-21-23-25-27-31-33-37-47-42-53(60-46(47)6)54-43-48(38-34-32-28-26-24-22-20-16-12-8-2)56(61-54)55-44-52-50(40-36-30-18-14-10-4)49(39-35-29-17-13-9-3)51-41-45(5)59-57(51)58(52)62-55/h41-44H,7-40H2,1-6H3. The van der Waals surface area contributed by atoms with E-state index in [1.807, 2.05) is 0 Å². The van der Waals surface area contributed by atoms with Crippen LogP contribution in [0, 0.1) is 13.8 Å². The van der Waals surface area contributed by atoms with Crippen LogP contribution in [0.3, 0.4) is 0 Å². The van der Waals surface area contributed by atoms with Gasteiger partial charge in [0.25, 0.3) is 0 Å². The molecule has 1 aromatic carbocycles. The molecule has 0 aliphatic rings. The molecule has 0 saturated heterocycles. The summed E-state index contributed by atoms with van der Waals surface area (Å²) in [4.78, 5) is 9.17. The Morgan fingerprint density at radius 3 is 1.18 bits per heavy atom. The predicted molar refractivity (Wildman–Crippen MR) is 289 cm³/mol. The fraction of sp³-hybridized carbons (Fsp3) is 0.690. The lowest BCUT2D eigenvalue weighted by atomic mass is 9.91. The molecule has 0 fully saturated rings. The zero-order chi connectivity index (χ0) is 43.8. The van der Waals surface area contributed by atoms with Gasteiger partial charge >= 0.3 is 0 Å². The SMILES string of the molecule is CCCCCCCCCCCCc1cc(-c2cc(CCCCCCCCCCCC)c(-c3cc4c(CCCCCCC)c(CCCCCCC)c5cc(C)sc5c4s3)s2)sc1C. The molecule has 5 aromatic rings. The third-order valence-electron chi connectivity index (χ3n) is 13.8. The van der Waals surface area contributed by atoms with E-state index in [-0.39, 0.29) is 0 Å². The van der Waals surface area contributed by atoms with E-state index in [0.717, 1.165) is 0 Å². The summed E-state index contributed by atoms with van der Waals surface area (Å²) >= 11 is 8.39. The largest absolute Gasteiger partial charge is 0.139 e. The van der Waals surface area contributed by atoms with Gasteiger partial charge in [0.05, 0.1) is 9.40 Å². The van der Waals surface area contributed by atoms with Crippen LogP contribution in [0.1, 0.15) is 252 Å². The third kappa shape index (κ3) is 16.5. The number of hydrogen-bond acceptors (Lipinski definition) is 4. The molecule has 0 spiro atoms. The van der Waals surface area contributed by atoms with E-state index < -0.39 is 0 Å². The van der Waals surface area contributed by atoms with Crippen LogP contribution in [0.15, 0.2) is 24.3 Å². The zero-order valence-corrected chi connectivity index (χ0v) is 44.3. The van der Waals surface area contributed by atoms with Crippen molar-refractivity contribution in [2.45, 2.75) is 260 Å². The molecule has 4 aromatic heterocycles. The fourth-order valence-electron chi connectivity index (χ4n) is 9.95. The van der Waals surface area contributed by atoms with E-state index in [0.29, 0.717) is 0 Å². The molecule has 0 aliphatic carbocycles. The van der Waals surface area contributed by atoms with Gasteiger partial charge in [0.15, 0.2) is 0 Å². The summed E-state index contributed by atoms with van der Waals surface area (Å²) in [6.07, 6.45) is 46.5. The molecule has 4 heterocycles. The van der Waals surface area contributed by atoms with E-state index in [1.54, 1.807) is 52.2 Å². The predicted octanol–water partition coefficient (Wildman–Crippen LogP) is 22.1. The third-order valence-corrected chi connectivity index (χ3v) is 18.8. The number of fused-ring (bicyclic) bond motifs is 3. The minimum absolute atomic E-state index is 1.22. The molecule has 5 rings (SSSR count). The Morgan fingerprint density at radius 1 is 0.323 bits per heavy atom. The van der Waals surface area contributed by atoms with Gasteiger partial charge in [-0.3, -0.25) is 0 Å². The van der Waals surface area contributed by atoms with Crippen molar-refractivity contribution in [3.63, 3.8) is 0 Å². The van der Waals surface area contributed by atoms with Crippen molar-refractivity contribution in [1.82, 2.24) is 0 Å². The second-order valence-corrected chi connectivity index (χ2v) is 23.9. The summed E-state index contributed by atoms with van der Waals surface area (Å²) < 4.78 is 3.16. The average Bonchev–Trinajstić information content (AvgIpc) is 4.07. The van der Waals surface area contributed by atoms with E-state index in [2.05, 4.69) is 111 Å². The lowest BCUT2D eigenvalue weighted by molar-refractivity contribution is 0.556. The van der Waals surface area contributed by atoms with Gasteiger partial charge in [-0.05, 0) is 123 Å². The van der Waals surface area contributed by atoms with Crippen molar-refractivity contribution in [3.8, 4) is 19.5 Å². The molecule has 4 heteroatoms. The van der Waals surface area contributed by atoms with Crippen molar-refractivity contribution >= 4 is 65.5 Å². The highest BCUT2D eigenvalue weighted by Gasteiger charge is 2.22. The Balaban J connectivity index is 1.39. The lowest BCUT2D eigenvalue weighted by Gasteiger charge is -2.14. The van der Waals surface area contributed by atoms with Crippen molar-refractivity contribution in [3.05, 3.63) is 56.3 Å². The molecule has 0 saturated carbocycles. The van der Waals surface area contributed by atoms with Crippen LogP contribution in [0.25, 0.3) is 39.7 Å². The average molecular weight is 916 g/mol. The first-order valence-corrected chi connectivity index (χ1v) is 30.0. The highest BCUT2D eigenvalue weighted by Crippen LogP contribution is 2.49. The number of rotatable bonds is 36. The van der Waals surface area contributed by atoms with E-state index in [4.69, 9.17) is 0 Å². The van der Waals surface area contributed by atoms with E-state index in [9.17, 15) is 0 Å². The highest BCUT2D eigenvalue weighted by atomic mass is 32.1. The van der Waals surface area contributed by atoms with Crippen molar-refractivity contribution in [2.24, 2.45) is 0 Å². The molecule has 0 aliphatic heterocycles. The molecule has 0 atom stereocenters. The molecule has 346 valence electrons. The first-order chi connectivity index (χ1) is 30.5. The molecule has 0 nitrogen and oxygen atoms in total. The number of thiophene rings is 4. The molecule has 0 unspecified atom stereocenters. The molecule has 0 bridgehead atoms. The first kappa shape index (κ1) is 51.5. The van der Waals surface area contributed by atoms with Gasteiger partial charge in [0.1, 0.15) is 0 Å². The van der Waals surface area contributed by atoms with Crippen molar-refractivity contribution < 1.29 is 0 Å². The van der Waals surface area contributed by atoms with Crippen LogP contribution < -0.4 is 0 Å². The van der Waals surface area contributed by atoms with E-state index in [1.165, 1.54) is 238 Å². The van der Waals surface area contributed by atoms with Crippen LogP contribution in [-0.2, 0) is 25.7 Å². The van der Waals surface area contributed by atoms with Crippen molar-refractivity contribution in [2.75, 3.05) is 0 Å². The number of aryl methyl sites for hydroxylation is 6. The Labute approximate surface area is 398 Å². The summed E-state index contributed by atoms with van der Waals surface area (Å²) in [5, 5.41) is 3.19. The van der Waals surface area contributed by atoms with Crippen molar-refractivity contribution in [1.29, 1.82) is 0 Å².